The maximum absolute atomic E-state index is 12.8. The Balaban J connectivity index is 1.20. The van der Waals surface area contributed by atoms with E-state index in [0.29, 0.717) is 35.2 Å². The van der Waals surface area contributed by atoms with Gasteiger partial charge in [-0.25, -0.2) is 14.8 Å². The third kappa shape index (κ3) is 7.80. The van der Waals surface area contributed by atoms with Gasteiger partial charge in [-0.3, -0.25) is 0 Å². The number of hydrogen-bond donors (Lipinski definition) is 0. The minimum atomic E-state index is -2.07. The summed E-state index contributed by atoms with van der Waals surface area (Å²) < 4.78 is 19.5. The van der Waals surface area contributed by atoms with Crippen molar-refractivity contribution in [1.29, 1.82) is 0 Å². The van der Waals surface area contributed by atoms with E-state index in [0.717, 1.165) is 60.4 Å². The molecule has 7 nitrogen and oxygen atoms in total. The molecule has 0 radical (unpaired) electrons. The second-order valence-electron chi connectivity index (χ2n) is 17.3. The molecular formula is C42H56ClN3O4SSi. The second-order valence-corrected chi connectivity index (χ2v) is 23.8. The van der Waals surface area contributed by atoms with Crippen LogP contribution < -0.4 is 9.64 Å². The topological polar surface area (TPSA) is 73.8 Å². The van der Waals surface area contributed by atoms with Gasteiger partial charge in [-0.05, 0) is 135 Å². The Kier molecular flexibility index (Phi) is 11.1. The van der Waals surface area contributed by atoms with Crippen molar-refractivity contribution in [3.8, 4) is 5.75 Å². The van der Waals surface area contributed by atoms with E-state index in [1.54, 1.807) is 0 Å². The molecule has 3 aromatic rings. The molecule has 3 aliphatic carbocycles. The summed E-state index contributed by atoms with van der Waals surface area (Å²) in [5, 5.41) is 2.29. The highest BCUT2D eigenvalue weighted by atomic mass is 35.5. The first-order valence-corrected chi connectivity index (χ1v) is 23.5. The van der Waals surface area contributed by atoms with E-state index in [2.05, 4.69) is 60.9 Å². The van der Waals surface area contributed by atoms with Crippen molar-refractivity contribution in [3.63, 3.8) is 0 Å². The van der Waals surface area contributed by atoms with Crippen LogP contribution in [0, 0.1) is 17.8 Å². The molecule has 1 aliphatic heterocycles. The number of rotatable bonds is 9. The number of aromatic nitrogens is 2. The standard InChI is InChI=1S/C42H56ClN3O4SSi/c1-41(2,3)52(5,6)50-38(29-10-7-12-33(23-29)51-40-44-20-9-21-45-40)34-16-13-31(34)25-46-26-42(19-8-11-28-22-32(43)15-17-35(28)42)27-49-37-18-14-30(24-36(37)46)39(47)48-4/h9,14-15,17-18,20-22,24,29,31,33-34,38H,7-8,10-13,16,19,23,25-27H2,1-6H3/t29-,31+,33+,34-,38?,42+/m1/s1. The molecule has 1 aromatic heterocycles. The summed E-state index contributed by atoms with van der Waals surface area (Å²) in [4.78, 5) is 24.5. The number of carbonyl (C=O) groups excluding carboxylic acids is 1. The second kappa shape index (κ2) is 15.3. The molecule has 1 unspecified atom stereocenters. The van der Waals surface area contributed by atoms with Gasteiger partial charge in [0.15, 0.2) is 13.5 Å². The maximum Gasteiger partial charge on any atom is 0.337 e. The fraction of sp³-hybridized carbons (Fsp3) is 0.595. The van der Waals surface area contributed by atoms with Gasteiger partial charge in [0.05, 0.1) is 31.1 Å². The van der Waals surface area contributed by atoms with Crippen LogP contribution in [0.3, 0.4) is 0 Å². The Morgan fingerprint density at radius 3 is 2.63 bits per heavy atom. The largest absolute Gasteiger partial charge is 0.490 e. The van der Waals surface area contributed by atoms with Crippen molar-refractivity contribution in [2.45, 2.75) is 119 Å². The van der Waals surface area contributed by atoms with Crippen molar-refractivity contribution in [1.82, 2.24) is 9.97 Å². The highest BCUT2D eigenvalue weighted by molar-refractivity contribution is 7.99. The zero-order valence-corrected chi connectivity index (χ0v) is 34.4. The third-order valence-corrected chi connectivity index (χ3v) is 18.9. The molecule has 2 saturated carbocycles. The highest BCUT2D eigenvalue weighted by Crippen LogP contribution is 2.51. The van der Waals surface area contributed by atoms with Crippen molar-refractivity contribution < 1.29 is 18.7 Å². The fourth-order valence-electron chi connectivity index (χ4n) is 9.03. The smallest absolute Gasteiger partial charge is 0.337 e. The number of fused-ring (bicyclic) bond motifs is 3. The van der Waals surface area contributed by atoms with Crippen LogP contribution in [0.2, 0.25) is 23.2 Å². The van der Waals surface area contributed by atoms with Crippen molar-refractivity contribution in [2.75, 3.05) is 31.7 Å². The number of esters is 1. The lowest BCUT2D eigenvalue weighted by molar-refractivity contribution is -0.0225. The molecule has 2 aromatic carbocycles. The monoisotopic (exact) mass is 761 g/mol. The van der Waals surface area contributed by atoms with Crippen LogP contribution in [0.4, 0.5) is 5.69 Å². The summed E-state index contributed by atoms with van der Waals surface area (Å²) in [6, 6.07) is 14.1. The molecule has 0 saturated heterocycles. The number of ether oxygens (including phenoxy) is 2. The lowest BCUT2D eigenvalue weighted by Crippen LogP contribution is -2.54. The van der Waals surface area contributed by atoms with Gasteiger partial charge < -0.3 is 18.8 Å². The number of aryl methyl sites for hydroxylation is 1. The molecule has 2 fully saturated rings. The Morgan fingerprint density at radius 2 is 1.90 bits per heavy atom. The van der Waals surface area contributed by atoms with Gasteiger partial charge in [-0.15, -0.1) is 0 Å². The summed E-state index contributed by atoms with van der Waals surface area (Å²) in [5.74, 6) is 1.96. The molecule has 0 amide bonds. The summed E-state index contributed by atoms with van der Waals surface area (Å²) in [6.07, 6.45) is 14.2. The SMILES string of the molecule is COC(=O)c1ccc2c(c1)N(C[C@@H]1CC[C@H]1C(O[Si](C)(C)C(C)(C)C)[C@@H]1CCC[C@H](Sc3ncccn3)C1)C[C@@]1(CCCc3cc(Cl)ccc31)CO2. The Morgan fingerprint density at radius 1 is 1.10 bits per heavy atom. The van der Waals surface area contributed by atoms with Gasteiger partial charge in [0.1, 0.15) is 5.75 Å². The number of nitrogens with zero attached hydrogens (tertiary/aromatic N) is 3. The molecule has 4 aliphatic rings. The number of halogens is 1. The van der Waals surface area contributed by atoms with Crippen LogP contribution >= 0.6 is 23.4 Å². The highest BCUT2D eigenvalue weighted by Gasteiger charge is 2.49. The molecule has 280 valence electrons. The van der Waals surface area contributed by atoms with Crippen LogP contribution in [0.15, 0.2) is 60.0 Å². The average Bonchev–Trinajstić information content (AvgIpc) is 3.26. The first-order valence-electron chi connectivity index (χ1n) is 19.4. The number of benzene rings is 2. The number of anilines is 1. The zero-order valence-electron chi connectivity index (χ0n) is 31.8. The first kappa shape index (κ1) is 37.7. The number of thioether (sulfide) groups is 1. The van der Waals surface area contributed by atoms with E-state index in [4.69, 9.17) is 25.5 Å². The molecular weight excluding hydrogens is 706 g/mol. The minimum Gasteiger partial charge on any atom is -0.490 e. The Labute approximate surface area is 321 Å². The van der Waals surface area contributed by atoms with Crippen LogP contribution in [0.1, 0.15) is 93.6 Å². The van der Waals surface area contributed by atoms with Gasteiger partial charge in [0.2, 0.25) is 0 Å². The summed E-state index contributed by atoms with van der Waals surface area (Å²) in [6.45, 7) is 14.3. The van der Waals surface area contributed by atoms with Crippen molar-refractivity contribution in [3.05, 3.63) is 76.6 Å². The van der Waals surface area contributed by atoms with E-state index in [1.807, 2.05) is 54.5 Å². The van der Waals surface area contributed by atoms with Crippen molar-refractivity contribution >= 4 is 43.3 Å². The maximum atomic E-state index is 12.8. The molecule has 2 heterocycles. The Bertz CT molecular complexity index is 1740. The number of hydrogen-bond acceptors (Lipinski definition) is 8. The first-order chi connectivity index (χ1) is 24.9. The van der Waals surface area contributed by atoms with Crippen LogP contribution in [-0.4, -0.2) is 62.4 Å². The third-order valence-electron chi connectivity index (χ3n) is 13.0. The van der Waals surface area contributed by atoms with E-state index >= 15 is 0 Å². The zero-order chi connectivity index (χ0) is 36.7. The minimum absolute atomic E-state index is 0.125. The predicted molar refractivity (Wildman–Crippen MR) is 213 cm³/mol. The summed E-state index contributed by atoms with van der Waals surface area (Å²) in [7, 11) is -0.620. The lowest BCUT2D eigenvalue weighted by Gasteiger charge is -2.52. The van der Waals surface area contributed by atoms with E-state index in [1.165, 1.54) is 50.3 Å². The lowest BCUT2D eigenvalue weighted by atomic mass is 9.65. The molecule has 0 N–H and O–H groups in total. The van der Waals surface area contributed by atoms with Gasteiger partial charge in [0, 0.05) is 41.2 Å². The van der Waals surface area contributed by atoms with E-state index in [-0.39, 0.29) is 22.5 Å². The van der Waals surface area contributed by atoms with Gasteiger partial charge in [-0.2, -0.15) is 0 Å². The van der Waals surface area contributed by atoms with Crippen molar-refractivity contribution in [2.24, 2.45) is 17.8 Å². The number of carbonyl (C=O) groups is 1. The Hall–Kier alpha value is -2.59. The number of methoxy groups -OCH3 is 1. The molecule has 7 rings (SSSR count). The molecule has 6 atom stereocenters. The molecule has 0 bridgehead atoms. The van der Waals surface area contributed by atoms with Crippen LogP contribution in [0.25, 0.3) is 0 Å². The quantitative estimate of drug-likeness (QED) is 0.121. The van der Waals surface area contributed by atoms with Crippen LogP contribution in [0.5, 0.6) is 5.75 Å². The molecule has 52 heavy (non-hydrogen) atoms. The van der Waals surface area contributed by atoms with Gasteiger partial charge >= 0.3 is 5.97 Å². The van der Waals surface area contributed by atoms with E-state index < -0.39 is 8.32 Å². The van der Waals surface area contributed by atoms with E-state index in [9.17, 15) is 4.79 Å². The van der Waals surface area contributed by atoms with Gasteiger partial charge in [-0.1, -0.05) is 56.6 Å². The molecule has 10 heteroatoms. The van der Waals surface area contributed by atoms with Crippen LogP contribution in [-0.2, 0) is 21.0 Å². The summed E-state index contributed by atoms with van der Waals surface area (Å²) >= 11 is 8.37. The predicted octanol–water partition coefficient (Wildman–Crippen LogP) is 10.2. The fourth-order valence-corrected chi connectivity index (χ4v) is 11.8. The summed E-state index contributed by atoms with van der Waals surface area (Å²) in [5.41, 5.74) is 4.06. The van der Waals surface area contributed by atoms with Gasteiger partial charge in [0.25, 0.3) is 0 Å². The average molecular weight is 763 g/mol. The molecule has 1 spiro atoms. The normalized spacial score (nSPS) is 26.7.